The van der Waals surface area contributed by atoms with Gasteiger partial charge in [-0.2, -0.15) is 0 Å². The van der Waals surface area contributed by atoms with E-state index >= 15 is 0 Å². The monoisotopic (exact) mass is 1060 g/mol. The van der Waals surface area contributed by atoms with Gasteiger partial charge in [0.2, 0.25) is 0 Å². The van der Waals surface area contributed by atoms with Crippen LogP contribution in [0.15, 0.2) is 134 Å². The Morgan fingerprint density at radius 3 is 0.818 bits per heavy atom. The molecule has 0 saturated carbocycles. The maximum atomic E-state index is 12.9. The zero-order chi connectivity index (χ0) is 55.7. The van der Waals surface area contributed by atoms with Gasteiger partial charge in [-0.3, -0.25) is 14.4 Å². The van der Waals surface area contributed by atoms with Crippen LogP contribution in [0.1, 0.15) is 278 Å². The van der Waals surface area contributed by atoms with Gasteiger partial charge in [-0.05, 0) is 122 Å². The van der Waals surface area contributed by atoms with E-state index in [1.165, 1.54) is 89.9 Å². The first-order valence-electron chi connectivity index (χ1n) is 31.7. The topological polar surface area (TPSA) is 78.9 Å². The van der Waals surface area contributed by atoms with E-state index in [2.05, 4.69) is 154 Å². The summed E-state index contributed by atoms with van der Waals surface area (Å²) in [7, 11) is 0. The van der Waals surface area contributed by atoms with Crippen LogP contribution >= 0.6 is 0 Å². The quantitative estimate of drug-likeness (QED) is 0.0261. The minimum atomic E-state index is -0.792. The molecule has 0 aliphatic rings. The van der Waals surface area contributed by atoms with E-state index in [0.717, 1.165) is 148 Å². The van der Waals surface area contributed by atoms with Crippen molar-refractivity contribution < 1.29 is 28.6 Å². The average Bonchev–Trinajstić information content (AvgIpc) is 3.43. The minimum Gasteiger partial charge on any atom is -0.462 e. The van der Waals surface area contributed by atoms with Crippen molar-refractivity contribution in [3.63, 3.8) is 0 Å². The van der Waals surface area contributed by atoms with Crippen LogP contribution in [0, 0.1) is 0 Å². The van der Waals surface area contributed by atoms with Gasteiger partial charge in [0.05, 0.1) is 0 Å². The molecule has 0 rings (SSSR count). The number of ether oxygens (including phenoxy) is 3. The summed E-state index contributed by atoms with van der Waals surface area (Å²) in [6.45, 7) is 6.46. The van der Waals surface area contributed by atoms with Crippen LogP contribution in [-0.4, -0.2) is 37.2 Å². The van der Waals surface area contributed by atoms with Gasteiger partial charge < -0.3 is 14.2 Å². The number of allylic oxidation sites excluding steroid dienone is 22. The van der Waals surface area contributed by atoms with Gasteiger partial charge >= 0.3 is 17.9 Å². The standard InChI is InChI=1S/C71H116O6/c1-4-7-10-13-16-19-21-23-25-27-28-29-30-31-32-33-34-35-36-37-38-39-40-41-42-44-45-47-49-52-55-58-61-64-70(73)76-67-68(66-75-69(72)63-60-57-54-51-18-15-12-9-6-3)77-71(74)65-62-59-56-53-50-48-46-43-26-24-22-20-17-14-11-8-5-2/h7,10,16-17,19-20,23-26,28-29,31-32,34-35,37-38,40-41,44-45,68H,4-6,8-9,11-15,18,21-22,27,30,33,36,39,42-43,46-67H2,1-3H3/b10-7-,19-16-,20-17-,25-23-,26-24-,29-28-,32-31-,35-34-,38-37-,41-40-,45-44-. The second-order valence-electron chi connectivity index (χ2n) is 20.6. The van der Waals surface area contributed by atoms with E-state index in [9.17, 15) is 14.4 Å². The largest absolute Gasteiger partial charge is 0.462 e. The fourth-order valence-corrected chi connectivity index (χ4v) is 8.41. The fourth-order valence-electron chi connectivity index (χ4n) is 8.41. The third-order valence-corrected chi connectivity index (χ3v) is 13.1. The lowest BCUT2D eigenvalue weighted by Crippen LogP contribution is -2.30. The van der Waals surface area contributed by atoms with Crippen molar-refractivity contribution in [1.82, 2.24) is 0 Å². The predicted molar refractivity (Wildman–Crippen MR) is 334 cm³/mol. The number of unbranched alkanes of at least 4 members (excludes halogenated alkanes) is 23. The molecule has 0 aromatic heterocycles. The highest BCUT2D eigenvalue weighted by molar-refractivity contribution is 5.71. The maximum absolute atomic E-state index is 12.9. The molecule has 0 aromatic carbocycles. The molecule has 1 unspecified atom stereocenters. The van der Waals surface area contributed by atoms with Gasteiger partial charge in [-0.1, -0.05) is 270 Å². The van der Waals surface area contributed by atoms with Crippen LogP contribution in [0.3, 0.4) is 0 Å². The van der Waals surface area contributed by atoms with Crippen molar-refractivity contribution in [2.45, 2.75) is 284 Å². The van der Waals surface area contributed by atoms with E-state index in [1.54, 1.807) is 0 Å². The van der Waals surface area contributed by atoms with Crippen molar-refractivity contribution >= 4 is 17.9 Å². The Morgan fingerprint density at radius 1 is 0.273 bits per heavy atom. The third-order valence-electron chi connectivity index (χ3n) is 13.1. The molecule has 77 heavy (non-hydrogen) atoms. The molecule has 1 atom stereocenters. The highest BCUT2D eigenvalue weighted by Crippen LogP contribution is 2.15. The molecule has 0 aromatic rings. The van der Waals surface area contributed by atoms with Crippen LogP contribution in [0.2, 0.25) is 0 Å². The van der Waals surface area contributed by atoms with Crippen molar-refractivity contribution in [2.75, 3.05) is 13.2 Å². The number of rotatable bonds is 56. The van der Waals surface area contributed by atoms with Crippen LogP contribution in [-0.2, 0) is 28.6 Å². The second-order valence-corrected chi connectivity index (χ2v) is 20.6. The lowest BCUT2D eigenvalue weighted by atomic mass is 10.1. The van der Waals surface area contributed by atoms with Crippen LogP contribution < -0.4 is 0 Å². The molecule has 0 aliphatic heterocycles. The summed E-state index contributed by atoms with van der Waals surface area (Å²) in [5, 5.41) is 0. The molecule has 0 N–H and O–H groups in total. The molecule has 0 bridgehead atoms. The van der Waals surface area contributed by atoms with E-state index in [1.807, 2.05) is 0 Å². The van der Waals surface area contributed by atoms with Gasteiger partial charge in [-0.15, -0.1) is 0 Å². The summed E-state index contributed by atoms with van der Waals surface area (Å²) in [6.07, 6.45) is 90.3. The highest BCUT2D eigenvalue weighted by Gasteiger charge is 2.19. The molecule has 6 heteroatoms. The summed E-state index contributed by atoms with van der Waals surface area (Å²) in [4.78, 5) is 38.1. The van der Waals surface area contributed by atoms with Gasteiger partial charge in [0.15, 0.2) is 6.10 Å². The molecule has 436 valence electrons. The smallest absolute Gasteiger partial charge is 0.306 e. The normalized spacial score (nSPS) is 13.0. The zero-order valence-corrected chi connectivity index (χ0v) is 49.9. The van der Waals surface area contributed by atoms with E-state index in [-0.39, 0.29) is 31.1 Å². The first-order valence-corrected chi connectivity index (χ1v) is 31.7. The van der Waals surface area contributed by atoms with Crippen molar-refractivity contribution in [2.24, 2.45) is 0 Å². The van der Waals surface area contributed by atoms with Gasteiger partial charge in [0.25, 0.3) is 0 Å². The maximum Gasteiger partial charge on any atom is 0.306 e. The summed E-state index contributed by atoms with van der Waals surface area (Å²) >= 11 is 0. The lowest BCUT2D eigenvalue weighted by molar-refractivity contribution is -0.167. The predicted octanol–water partition coefficient (Wildman–Crippen LogP) is 21.8. The van der Waals surface area contributed by atoms with E-state index in [0.29, 0.717) is 19.3 Å². The molecule has 0 spiro atoms. The number of hydrogen-bond acceptors (Lipinski definition) is 6. The minimum absolute atomic E-state index is 0.0887. The van der Waals surface area contributed by atoms with Crippen molar-refractivity contribution in [1.29, 1.82) is 0 Å². The Bertz CT molecular complexity index is 1650. The molecule has 0 fully saturated rings. The molecule has 0 amide bonds. The zero-order valence-electron chi connectivity index (χ0n) is 49.9. The molecule has 0 saturated heterocycles. The summed E-state index contributed by atoms with van der Waals surface area (Å²) in [5.74, 6) is -0.919. The van der Waals surface area contributed by atoms with Crippen molar-refractivity contribution in [3.8, 4) is 0 Å². The number of esters is 3. The molecule has 0 aliphatic carbocycles. The first kappa shape index (κ1) is 72.5. The second kappa shape index (κ2) is 64.1. The van der Waals surface area contributed by atoms with Crippen LogP contribution in [0.25, 0.3) is 0 Å². The number of carbonyl (C=O) groups is 3. The van der Waals surface area contributed by atoms with Gasteiger partial charge in [-0.25, -0.2) is 0 Å². The third kappa shape index (κ3) is 62.3. The summed E-state index contributed by atoms with van der Waals surface area (Å²) in [5.41, 5.74) is 0. The molecule has 0 heterocycles. The molecule has 0 radical (unpaired) electrons. The first-order chi connectivity index (χ1) is 38.0. The highest BCUT2D eigenvalue weighted by atomic mass is 16.6. The van der Waals surface area contributed by atoms with E-state index in [4.69, 9.17) is 14.2 Å². The van der Waals surface area contributed by atoms with Crippen LogP contribution in [0.5, 0.6) is 0 Å². The van der Waals surface area contributed by atoms with E-state index < -0.39 is 6.10 Å². The summed E-state index contributed by atoms with van der Waals surface area (Å²) < 4.78 is 16.8. The molecule has 6 nitrogen and oxygen atoms in total. The molecular formula is C71H116O6. The fraction of sp³-hybridized carbons (Fsp3) is 0.648. The Labute approximate surface area is 475 Å². The van der Waals surface area contributed by atoms with Gasteiger partial charge in [0.1, 0.15) is 13.2 Å². The Balaban J connectivity index is 4.26. The van der Waals surface area contributed by atoms with Gasteiger partial charge in [0, 0.05) is 19.3 Å². The number of carbonyl (C=O) groups excluding carboxylic acids is 3. The molecular weight excluding hydrogens is 949 g/mol. The van der Waals surface area contributed by atoms with Crippen molar-refractivity contribution in [3.05, 3.63) is 134 Å². The van der Waals surface area contributed by atoms with Crippen LogP contribution in [0.4, 0.5) is 0 Å². The lowest BCUT2D eigenvalue weighted by Gasteiger charge is -2.18. The Hall–Kier alpha value is -4.45. The summed E-state index contributed by atoms with van der Waals surface area (Å²) in [6, 6.07) is 0. The SMILES string of the molecule is CC/C=C\C/C=C\C/C=C\C/C=C\C/C=C\C/C=C\C/C=C\C/C=C\C/C=C\CCCCCCCC(=O)OCC(COC(=O)CCCCCCCCCCC)OC(=O)CCCCCCCCC/C=C\C/C=C\CCCCC. The Kier molecular flexibility index (Phi) is 60.4. The number of hydrogen-bond donors (Lipinski definition) is 0. The Morgan fingerprint density at radius 2 is 0.506 bits per heavy atom. The average molecular weight is 1070 g/mol.